The quantitative estimate of drug-likeness (QED) is 0.0735. The Morgan fingerprint density at radius 2 is 1.51 bits per heavy atom. The number of carbonyl (C=O) groups is 8. The molecule has 4 rings (SSSR count). The molecule has 0 aliphatic carbocycles. The zero-order valence-electron chi connectivity index (χ0n) is 31.7. The summed E-state index contributed by atoms with van der Waals surface area (Å²) in [7, 11) is 0. The van der Waals surface area contributed by atoms with Gasteiger partial charge in [-0.05, 0) is 56.1 Å². The smallest absolute Gasteiger partial charge is 0.326 e. The molecule has 3 heterocycles. The van der Waals surface area contributed by atoms with Gasteiger partial charge in [-0.2, -0.15) is 11.8 Å². The first kappa shape index (κ1) is 44.2. The van der Waals surface area contributed by atoms with Crippen molar-refractivity contribution in [2.45, 2.75) is 94.0 Å². The zero-order valence-corrected chi connectivity index (χ0v) is 32.5. The molecule has 57 heavy (non-hydrogen) atoms. The maximum atomic E-state index is 14.3. The second-order valence-electron chi connectivity index (χ2n) is 13.9. The van der Waals surface area contributed by atoms with Crippen LogP contribution in [0.1, 0.15) is 56.2 Å². The molecule has 2 aromatic rings. The maximum absolute atomic E-state index is 14.3. The van der Waals surface area contributed by atoms with Crippen LogP contribution >= 0.6 is 11.8 Å². The zero-order chi connectivity index (χ0) is 41.5. The summed E-state index contributed by atoms with van der Waals surface area (Å²) in [6, 6.07) is 1.98. The lowest BCUT2D eigenvalue weighted by molar-refractivity contribution is -0.148. The molecule has 9 N–H and O–H groups in total. The molecule has 2 aliphatic heterocycles. The van der Waals surface area contributed by atoms with Crippen molar-refractivity contribution in [2.75, 3.05) is 31.6 Å². The van der Waals surface area contributed by atoms with Gasteiger partial charge in [-0.1, -0.05) is 30.3 Å². The molecule has 2 saturated heterocycles. The molecule has 6 atom stereocenters. The summed E-state index contributed by atoms with van der Waals surface area (Å²) in [5.41, 5.74) is 7.06. The molecule has 0 spiro atoms. The van der Waals surface area contributed by atoms with E-state index < -0.39 is 96.6 Å². The standard InChI is InChI=1S/C37H51N9O10S/c1-57-16-13-24(38)32(50)42-25(11-12-31(48)49)33(51)43-26(18-23-19-39-21-41-23)34(52)44-27(17-22-7-3-2-4-8-22)36(54)46-15-5-9-28(46)35(53)40-20-30(47)45-14-6-10-29(45)37(55)56/h2-4,7-8,19,21,24-29H,5-6,9-18,20,38H2,1H3,(H,39,41)(H,40,53)(H,42,50)(H,43,51)(H,44,52)(H,48,49)(H,55,56)/t24-,25-,26-,27-,28-,29-/m0/s1. The third kappa shape index (κ3) is 13.0. The highest BCUT2D eigenvalue weighted by molar-refractivity contribution is 7.98. The lowest BCUT2D eigenvalue weighted by Crippen LogP contribution is -2.59. The van der Waals surface area contributed by atoms with E-state index in [4.69, 9.17) is 5.73 Å². The van der Waals surface area contributed by atoms with E-state index in [0.29, 0.717) is 42.7 Å². The molecule has 20 heteroatoms. The highest BCUT2D eigenvalue weighted by atomic mass is 32.2. The lowest BCUT2D eigenvalue weighted by Gasteiger charge is -2.30. The molecule has 2 aliphatic rings. The van der Waals surface area contributed by atoms with Gasteiger partial charge in [-0.15, -0.1) is 0 Å². The van der Waals surface area contributed by atoms with E-state index in [-0.39, 0.29) is 38.8 Å². The minimum atomic E-state index is -1.36. The number of hydrogen-bond donors (Lipinski definition) is 8. The average molecular weight is 814 g/mol. The van der Waals surface area contributed by atoms with Crippen LogP contribution in [-0.2, 0) is 51.2 Å². The van der Waals surface area contributed by atoms with Crippen molar-refractivity contribution in [3.63, 3.8) is 0 Å². The number of carboxylic acid groups (broad SMARTS) is 2. The summed E-state index contributed by atoms with van der Waals surface area (Å²) in [5, 5.41) is 29.2. The van der Waals surface area contributed by atoms with E-state index in [2.05, 4.69) is 31.2 Å². The second-order valence-corrected chi connectivity index (χ2v) is 14.9. The van der Waals surface area contributed by atoms with Gasteiger partial charge in [0, 0.05) is 38.5 Å². The van der Waals surface area contributed by atoms with Crippen LogP contribution in [0.3, 0.4) is 0 Å². The fourth-order valence-electron chi connectivity index (χ4n) is 6.81. The number of nitrogens with two attached hydrogens (primary N) is 1. The molecular weight excluding hydrogens is 763 g/mol. The van der Waals surface area contributed by atoms with Gasteiger partial charge in [0.2, 0.25) is 35.4 Å². The van der Waals surface area contributed by atoms with E-state index in [1.807, 2.05) is 6.26 Å². The Morgan fingerprint density at radius 1 is 0.860 bits per heavy atom. The summed E-state index contributed by atoms with van der Waals surface area (Å²) >= 11 is 1.48. The molecule has 6 amide bonds. The summed E-state index contributed by atoms with van der Waals surface area (Å²) < 4.78 is 0. The number of aromatic nitrogens is 2. The Balaban J connectivity index is 1.53. The van der Waals surface area contributed by atoms with Crippen LogP contribution in [0.2, 0.25) is 0 Å². The summed E-state index contributed by atoms with van der Waals surface area (Å²) in [4.78, 5) is 114. The van der Waals surface area contributed by atoms with Crippen LogP contribution in [-0.4, -0.2) is 145 Å². The van der Waals surface area contributed by atoms with Gasteiger partial charge in [0.25, 0.3) is 0 Å². The summed E-state index contributed by atoms with van der Waals surface area (Å²) in [6.07, 6.45) is 5.71. The number of imidazole rings is 1. The Morgan fingerprint density at radius 3 is 2.16 bits per heavy atom. The SMILES string of the molecule is CSCC[C@H](N)C(=O)N[C@@H](CCC(=O)O)C(=O)N[C@@H](Cc1c[nH]cn1)C(=O)N[C@@H](Cc1ccccc1)C(=O)N1CCC[C@H]1C(=O)NCC(=O)N1CCC[C@H]1C(=O)O. The summed E-state index contributed by atoms with van der Waals surface area (Å²) in [5.74, 6) is -5.79. The molecule has 0 saturated carbocycles. The molecule has 0 bridgehead atoms. The van der Waals surface area contributed by atoms with Gasteiger partial charge >= 0.3 is 11.9 Å². The topological polar surface area (TPSA) is 286 Å². The number of amides is 6. The normalized spacial score (nSPS) is 18.5. The molecule has 2 fully saturated rings. The van der Waals surface area contributed by atoms with Crippen LogP contribution in [0.15, 0.2) is 42.9 Å². The molecule has 19 nitrogen and oxygen atoms in total. The molecular formula is C37H51N9O10S. The van der Waals surface area contributed by atoms with Crippen molar-refractivity contribution >= 4 is 59.1 Å². The lowest BCUT2D eigenvalue weighted by atomic mass is 10.0. The highest BCUT2D eigenvalue weighted by Gasteiger charge is 2.40. The number of hydrogen-bond acceptors (Lipinski definition) is 11. The fourth-order valence-corrected chi connectivity index (χ4v) is 7.30. The van der Waals surface area contributed by atoms with E-state index >= 15 is 0 Å². The number of thioether (sulfide) groups is 1. The van der Waals surface area contributed by atoms with E-state index in [1.54, 1.807) is 30.3 Å². The second kappa shape index (κ2) is 21.7. The van der Waals surface area contributed by atoms with E-state index in [1.165, 1.54) is 34.1 Å². The number of nitrogens with zero attached hydrogens (tertiary/aromatic N) is 3. The Bertz CT molecular complexity index is 1730. The van der Waals surface area contributed by atoms with Gasteiger partial charge in [0.05, 0.1) is 24.6 Å². The Hall–Kier alpha value is -5.50. The minimum Gasteiger partial charge on any atom is -0.481 e. The van der Waals surface area contributed by atoms with Crippen LogP contribution in [0, 0.1) is 0 Å². The molecule has 1 aromatic heterocycles. The number of carboxylic acids is 2. The first-order chi connectivity index (χ1) is 27.3. The first-order valence-electron chi connectivity index (χ1n) is 18.8. The van der Waals surface area contributed by atoms with Crippen LogP contribution < -0.4 is 27.0 Å². The van der Waals surface area contributed by atoms with Gasteiger partial charge in [-0.25, -0.2) is 9.78 Å². The average Bonchev–Trinajstić information content (AvgIpc) is 4.00. The summed E-state index contributed by atoms with van der Waals surface area (Å²) in [6.45, 7) is -0.0133. The van der Waals surface area contributed by atoms with Gasteiger partial charge < -0.3 is 52.0 Å². The maximum Gasteiger partial charge on any atom is 0.326 e. The predicted molar refractivity (Wildman–Crippen MR) is 206 cm³/mol. The third-order valence-corrected chi connectivity index (χ3v) is 10.5. The highest BCUT2D eigenvalue weighted by Crippen LogP contribution is 2.21. The van der Waals surface area contributed by atoms with Gasteiger partial charge in [0.1, 0.15) is 30.2 Å². The number of aromatic amines is 1. The number of benzene rings is 1. The van der Waals surface area contributed by atoms with Crippen molar-refractivity contribution in [1.82, 2.24) is 41.0 Å². The van der Waals surface area contributed by atoms with Gasteiger partial charge in [0.15, 0.2) is 0 Å². The van der Waals surface area contributed by atoms with Crippen molar-refractivity contribution in [2.24, 2.45) is 5.73 Å². The number of rotatable bonds is 21. The number of carbonyl (C=O) groups excluding carboxylic acids is 6. The number of H-pyrrole nitrogens is 1. The Labute approximate surface area is 333 Å². The third-order valence-electron chi connectivity index (χ3n) is 9.86. The van der Waals surface area contributed by atoms with Gasteiger partial charge in [-0.3, -0.25) is 33.6 Å². The largest absolute Gasteiger partial charge is 0.481 e. The molecule has 0 unspecified atom stereocenters. The Kier molecular flexibility index (Phi) is 16.8. The molecule has 310 valence electrons. The fraction of sp³-hybridized carbons (Fsp3) is 0.541. The van der Waals surface area contributed by atoms with Crippen molar-refractivity contribution < 1.29 is 48.6 Å². The monoisotopic (exact) mass is 813 g/mol. The van der Waals surface area contributed by atoms with Crippen molar-refractivity contribution in [1.29, 1.82) is 0 Å². The number of aliphatic carboxylic acids is 2. The number of likely N-dealkylation sites (tertiary alicyclic amines) is 2. The van der Waals surface area contributed by atoms with Crippen LogP contribution in [0.5, 0.6) is 0 Å². The van der Waals surface area contributed by atoms with E-state index in [0.717, 1.165) is 0 Å². The minimum absolute atomic E-state index is 0.00851. The number of nitrogens with one attached hydrogen (secondary N) is 5. The molecule has 1 aromatic carbocycles. The molecule has 0 radical (unpaired) electrons. The van der Waals surface area contributed by atoms with Crippen LogP contribution in [0.4, 0.5) is 0 Å². The predicted octanol–water partition coefficient (Wildman–Crippen LogP) is -1.22. The van der Waals surface area contributed by atoms with Crippen molar-refractivity contribution in [3.8, 4) is 0 Å². The van der Waals surface area contributed by atoms with E-state index in [9.17, 15) is 48.6 Å². The van der Waals surface area contributed by atoms with Crippen LogP contribution in [0.25, 0.3) is 0 Å². The first-order valence-corrected chi connectivity index (χ1v) is 20.2. The van der Waals surface area contributed by atoms with Crippen molar-refractivity contribution in [3.05, 3.63) is 54.1 Å².